The van der Waals surface area contributed by atoms with Crippen LogP contribution in [0.15, 0.2) is 28.7 Å². The predicted molar refractivity (Wildman–Crippen MR) is 81.4 cm³/mol. The molecule has 21 heavy (non-hydrogen) atoms. The van der Waals surface area contributed by atoms with Gasteiger partial charge >= 0.3 is 5.97 Å². The summed E-state index contributed by atoms with van der Waals surface area (Å²) in [5.41, 5.74) is 0.930. The van der Waals surface area contributed by atoms with Crippen molar-refractivity contribution >= 4 is 16.9 Å². The van der Waals surface area contributed by atoms with Crippen molar-refractivity contribution in [2.24, 2.45) is 11.8 Å². The summed E-state index contributed by atoms with van der Waals surface area (Å²) in [5.74, 6) is 1.12. The lowest BCUT2D eigenvalue weighted by atomic mass is 10.1. The molecule has 1 aromatic carbocycles. The third kappa shape index (κ3) is 2.95. The highest BCUT2D eigenvalue weighted by Gasteiger charge is 2.22. The van der Waals surface area contributed by atoms with E-state index in [1.807, 2.05) is 18.2 Å². The topological polar surface area (TPSA) is 62.5 Å². The molecule has 1 fully saturated rings. The van der Waals surface area contributed by atoms with Crippen molar-refractivity contribution < 1.29 is 14.3 Å². The number of fused-ring (bicyclic) bond motifs is 1. The van der Waals surface area contributed by atoms with E-state index in [1.165, 1.54) is 19.3 Å². The van der Waals surface area contributed by atoms with Gasteiger partial charge in [0, 0.05) is 5.39 Å². The first-order valence-electron chi connectivity index (χ1n) is 7.59. The number of nitrogens with one attached hydrogen (secondary N) is 1. The molecule has 4 nitrogen and oxygen atoms in total. The maximum Gasteiger partial charge on any atom is 0.339 e. The average Bonchev–Trinajstić information content (AvgIpc) is 3.02. The van der Waals surface area contributed by atoms with Crippen molar-refractivity contribution in [3.63, 3.8) is 0 Å². The molecule has 4 heteroatoms. The normalized spacial score (nSPS) is 22.0. The molecule has 0 spiro atoms. The zero-order chi connectivity index (χ0) is 14.8. The van der Waals surface area contributed by atoms with E-state index in [0.29, 0.717) is 29.2 Å². The molecule has 0 aliphatic heterocycles. The number of carboxylic acids is 1. The molecule has 0 amide bonds. The Morgan fingerprint density at radius 1 is 1.38 bits per heavy atom. The molecule has 1 aliphatic rings. The minimum atomic E-state index is -0.925. The van der Waals surface area contributed by atoms with Gasteiger partial charge in [0.15, 0.2) is 0 Å². The zero-order valence-electron chi connectivity index (χ0n) is 12.3. The number of carbonyl (C=O) groups is 1. The molecular weight excluding hydrogens is 266 g/mol. The summed E-state index contributed by atoms with van der Waals surface area (Å²) >= 11 is 0. The van der Waals surface area contributed by atoms with Crippen molar-refractivity contribution in [1.82, 2.24) is 5.32 Å². The molecule has 0 saturated heterocycles. The fraction of sp³-hybridized carbons (Fsp3) is 0.471. The Morgan fingerprint density at radius 3 is 2.90 bits per heavy atom. The lowest BCUT2D eigenvalue weighted by molar-refractivity contribution is 0.0696. The summed E-state index contributed by atoms with van der Waals surface area (Å²) in [4.78, 5) is 11.5. The molecular formula is C17H21NO3. The second kappa shape index (κ2) is 5.90. The maximum atomic E-state index is 11.5. The lowest BCUT2D eigenvalue weighted by Gasteiger charge is -2.10. The van der Waals surface area contributed by atoms with Crippen LogP contribution in [0.1, 0.15) is 42.3 Å². The van der Waals surface area contributed by atoms with E-state index < -0.39 is 5.97 Å². The SMILES string of the molecule is CC1CCC(CNCc2oc3ccccc3c2C(=O)O)C1. The number of rotatable bonds is 5. The Hall–Kier alpha value is -1.81. The summed E-state index contributed by atoms with van der Waals surface area (Å²) in [7, 11) is 0. The van der Waals surface area contributed by atoms with Crippen molar-refractivity contribution in [2.45, 2.75) is 32.7 Å². The van der Waals surface area contributed by atoms with Crippen molar-refractivity contribution in [3.8, 4) is 0 Å². The summed E-state index contributed by atoms with van der Waals surface area (Å²) in [5, 5.41) is 13.5. The van der Waals surface area contributed by atoms with E-state index >= 15 is 0 Å². The molecule has 2 unspecified atom stereocenters. The molecule has 1 saturated carbocycles. The van der Waals surface area contributed by atoms with Crippen molar-refractivity contribution in [1.29, 1.82) is 0 Å². The van der Waals surface area contributed by atoms with E-state index in [4.69, 9.17) is 4.42 Å². The molecule has 1 heterocycles. The summed E-state index contributed by atoms with van der Waals surface area (Å²) in [6.07, 6.45) is 3.83. The predicted octanol–water partition coefficient (Wildman–Crippen LogP) is 3.66. The van der Waals surface area contributed by atoms with Crippen LogP contribution in [-0.4, -0.2) is 17.6 Å². The number of benzene rings is 1. The summed E-state index contributed by atoms with van der Waals surface area (Å²) < 4.78 is 5.70. The second-order valence-corrected chi connectivity index (χ2v) is 6.12. The van der Waals surface area contributed by atoms with E-state index in [2.05, 4.69) is 12.2 Å². The van der Waals surface area contributed by atoms with Gasteiger partial charge in [-0.05, 0) is 37.3 Å². The Balaban J connectivity index is 1.71. The molecule has 2 N–H and O–H groups in total. The highest BCUT2D eigenvalue weighted by Crippen LogP contribution is 2.30. The summed E-state index contributed by atoms with van der Waals surface area (Å²) in [6, 6.07) is 7.30. The van der Waals surface area contributed by atoms with Gasteiger partial charge in [0.25, 0.3) is 0 Å². The average molecular weight is 287 g/mol. The Morgan fingerprint density at radius 2 is 2.19 bits per heavy atom. The zero-order valence-corrected chi connectivity index (χ0v) is 12.3. The minimum Gasteiger partial charge on any atom is -0.478 e. The number of para-hydroxylation sites is 1. The van der Waals surface area contributed by atoms with Gasteiger partial charge in [-0.15, -0.1) is 0 Å². The van der Waals surface area contributed by atoms with Crippen LogP contribution in [0.3, 0.4) is 0 Å². The van der Waals surface area contributed by atoms with E-state index in [-0.39, 0.29) is 5.56 Å². The van der Waals surface area contributed by atoms with Crippen LogP contribution >= 0.6 is 0 Å². The monoisotopic (exact) mass is 287 g/mol. The van der Waals surface area contributed by atoms with Gasteiger partial charge in [-0.25, -0.2) is 4.79 Å². The fourth-order valence-corrected chi connectivity index (χ4v) is 3.36. The van der Waals surface area contributed by atoms with Gasteiger partial charge in [-0.1, -0.05) is 31.5 Å². The molecule has 112 valence electrons. The Labute approximate surface area is 124 Å². The molecule has 1 aliphatic carbocycles. The quantitative estimate of drug-likeness (QED) is 0.881. The number of carboxylic acid groups (broad SMARTS) is 1. The Bertz CT molecular complexity index is 647. The Kier molecular flexibility index (Phi) is 3.97. The summed E-state index contributed by atoms with van der Waals surface area (Å²) in [6.45, 7) is 3.70. The molecule has 2 atom stereocenters. The standard InChI is InChI=1S/C17H21NO3/c1-11-6-7-12(8-11)9-18-10-15-16(17(19)20)13-4-2-3-5-14(13)21-15/h2-5,11-12,18H,6-10H2,1H3,(H,19,20). The van der Waals surface area contributed by atoms with Crippen LogP contribution in [-0.2, 0) is 6.54 Å². The fourth-order valence-electron chi connectivity index (χ4n) is 3.36. The van der Waals surface area contributed by atoms with Gasteiger partial charge in [-0.3, -0.25) is 0 Å². The van der Waals surface area contributed by atoms with Crippen molar-refractivity contribution in [2.75, 3.05) is 6.54 Å². The minimum absolute atomic E-state index is 0.290. The van der Waals surface area contributed by atoms with Crippen molar-refractivity contribution in [3.05, 3.63) is 35.6 Å². The molecule has 0 radical (unpaired) electrons. The molecule has 3 rings (SSSR count). The molecule has 2 aromatic rings. The highest BCUT2D eigenvalue weighted by atomic mass is 16.4. The number of hydrogen-bond acceptors (Lipinski definition) is 3. The molecule has 1 aromatic heterocycles. The highest BCUT2D eigenvalue weighted by molar-refractivity contribution is 6.03. The largest absolute Gasteiger partial charge is 0.478 e. The molecule has 0 bridgehead atoms. The van der Waals surface area contributed by atoms with E-state index in [0.717, 1.165) is 12.5 Å². The van der Waals surface area contributed by atoms with Crippen LogP contribution in [0.25, 0.3) is 11.0 Å². The van der Waals surface area contributed by atoms with E-state index in [9.17, 15) is 9.90 Å². The van der Waals surface area contributed by atoms with Gasteiger partial charge in [0.2, 0.25) is 0 Å². The number of hydrogen-bond donors (Lipinski definition) is 2. The maximum absolute atomic E-state index is 11.5. The van der Waals surface area contributed by atoms with Gasteiger partial charge in [0.05, 0.1) is 6.54 Å². The second-order valence-electron chi connectivity index (χ2n) is 6.12. The van der Waals surface area contributed by atoms with Gasteiger partial charge in [0.1, 0.15) is 16.9 Å². The van der Waals surface area contributed by atoms with Crippen LogP contribution in [0.5, 0.6) is 0 Å². The first kappa shape index (κ1) is 14.1. The van der Waals surface area contributed by atoms with E-state index in [1.54, 1.807) is 6.07 Å². The van der Waals surface area contributed by atoms with Crippen LogP contribution in [0, 0.1) is 11.8 Å². The third-order valence-electron chi connectivity index (χ3n) is 4.40. The van der Waals surface area contributed by atoms with Crippen LogP contribution in [0.4, 0.5) is 0 Å². The van der Waals surface area contributed by atoms with Crippen LogP contribution < -0.4 is 5.32 Å². The van der Waals surface area contributed by atoms with Gasteiger partial charge in [-0.2, -0.15) is 0 Å². The number of aromatic carboxylic acids is 1. The first-order chi connectivity index (χ1) is 10.1. The van der Waals surface area contributed by atoms with Crippen LogP contribution in [0.2, 0.25) is 0 Å². The third-order valence-corrected chi connectivity index (χ3v) is 4.40. The smallest absolute Gasteiger partial charge is 0.339 e. The van der Waals surface area contributed by atoms with Gasteiger partial charge < -0.3 is 14.8 Å². The first-order valence-corrected chi connectivity index (χ1v) is 7.59. The number of furan rings is 1. The lowest BCUT2D eigenvalue weighted by Crippen LogP contribution is -2.21.